The molecule has 0 saturated carbocycles. The Kier molecular flexibility index (Phi) is 3.75. The number of aromatic carboxylic acids is 1. The number of ether oxygens (including phenoxy) is 1. The lowest BCUT2D eigenvalue weighted by Crippen LogP contribution is -2.30. The van der Waals surface area contributed by atoms with Crippen molar-refractivity contribution < 1.29 is 14.6 Å². The van der Waals surface area contributed by atoms with Crippen LogP contribution in [0.2, 0.25) is 0 Å². The third-order valence-electron chi connectivity index (χ3n) is 3.84. The van der Waals surface area contributed by atoms with Crippen LogP contribution in [-0.2, 0) is 4.74 Å². The van der Waals surface area contributed by atoms with Crippen LogP contribution < -0.4 is 5.32 Å². The molecule has 0 spiro atoms. The summed E-state index contributed by atoms with van der Waals surface area (Å²) < 4.78 is 5.65. The molecule has 0 bridgehead atoms. The Balaban J connectivity index is 1.93. The normalized spacial score (nSPS) is 19.6. The van der Waals surface area contributed by atoms with Gasteiger partial charge in [0.15, 0.2) is 0 Å². The molecule has 1 saturated heterocycles. The van der Waals surface area contributed by atoms with Gasteiger partial charge in [-0.25, -0.2) is 9.78 Å². The quantitative estimate of drug-likeness (QED) is 0.904. The predicted octanol–water partition coefficient (Wildman–Crippen LogP) is 2.91. The van der Waals surface area contributed by atoms with Crippen LogP contribution in [-0.4, -0.2) is 34.8 Å². The van der Waals surface area contributed by atoms with Gasteiger partial charge in [-0.05, 0) is 31.9 Å². The van der Waals surface area contributed by atoms with E-state index in [0.29, 0.717) is 16.7 Å². The maximum Gasteiger partial charge on any atom is 0.336 e. The number of hydrogen-bond acceptors (Lipinski definition) is 4. The zero-order chi connectivity index (χ0) is 14.8. The highest BCUT2D eigenvalue weighted by Gasteiger charge is 2.23. The zero-order valence-electron chi connectivity index (χ0n) is 11.9. The zero-order valence-corrected chi connectivity index (χ0v) is 11.9. The van der Waals surface area contributed by atoms with Crippen LogP contribution in [0.5, 0.6) is 0 Å². The molecule has 2 N–H and O–H groups in total. The van der Waals surface area contributed by atoms with Crippen molar-refractivity contribution in [1.82, 2.24) is 4.98 Å². The number of carbonyl (C=O) groups is 1. The number of aromatic nitrogens is 1. The highest BCUT2D eigenvalue weighted by molar-refractivity contribution is 6.03. The first-order chi connectivity index (χ1) is 10.1. The largest absolute Gasteiger partial charge is 0.478 e. The number of hydrogen-bond donors (Lipinski definition) is 2. The molecule has 0 radical (unpaired) electrons. The molecular formula is C16H18N2O3. The van der Waals surface area contributed by atoms with Crippen molar-refractivity contribution in [1.29, 1.82) is 0 Å². The van der Waals surface area contributed by atoms with Gasteiger partial charge < -0.3 is 15.2 Å². The van der Waals surface area contributed by atoms with Crippen molar-refractivity contribution in [3.05, 3.63) is 35.9 Å². The fourth-order valence-electron chi connectivity index (χ4n) is 2.75. The molecule has 2 aromatic rings. The van der Waals surface area contributed by atoms with E-state index in [-0.39, 0.29) is 17.7 Å². The number of anilines is 1. The van der Waals surface area contributed by atoms with Gasteiger partial charge in [0.2, 0.25) is 0 Å². The number of pyridine rings is 1. The lowest BCUT2D eigenvalue weighted by molar-refractivity contribution is 0.0699. The Bertz CT molecular complexity index is 666. The van der Waals surface area contributed by atoms with E-state index in [1.165, 1.54) is 0 Å². The molecule has 0 amide bonds. The minimum Gasteiger partial charge on any atom is -0.478 e. The summed E-state index contributed by atoms with van der Waals surface area (Å²) >= 11 is 0. The molecular weight excluding hydrogens is 268 g/mol. The topological polar surface area (TPSA) is 71.5 Å². The van der Waals surface area contributed by atoms with Crippen LogP contribution in [0.1, 0.15) is 30.1 Å². The maximum atomic E-state index is 11.4. The van der Waals surface area contributed by atoms with E-state index in [1.807, 2.05) is 25.1 Å². The molecule has 0 aliphatic carbocycles. The van der Waals surface area contributed by atoms with Crippen molar-refractivity contribution >= 4 is 22.7 Å². The molecule has 3 rings (SSSR count). The number of carboxylic acid groups (broad SMARTS) is 1. The van der Waals surface area contributed by atoms with Crippen LogP contribution in [0.4, 0.5) is 5.82 Å². The molecule has 5 heteroatoms. The van der Waals surface area contributed by atoms with Gasteiger partial charge >= 0.3 is 5.97 Å². The molecule has 110 valence electrons. The van der Waals surface area contributed by atoms with Crippen molar-refractivity contribution in [2.45, 2.75) is 31.9 Å². The number of nitrogens with zero attached hydrogens (tertiary/aromatic N) is 1. The van der Waals surface area contributed by atoms with E-state index >= 15 is 0 Å². The monoisotopic (exact) mass is 286 g/mol. The Morgan fingerprint density at radius 3 is 3.00 bits per heavy atom. The van der Waals surface area contributed by atoms with Crippen LogP contribution >= 0.6 is 0 Å². The number of rotatable bonds is 4. The standard InChI is InChI=1S/C16H18N2O3/c1-10(14-7-4-8-21-14)17-15-9-12(16(19)20)11-5-2-3-6-13(11)18-15/h2-3,5-6,9-10,14H,4,7-8H2,1H3,(H,17,18)(H,19,20). The number of carboxylic acids is 1. The van der Waals surface area contributed by atoms with E-state index in [0.717, 1.165) is 19.4 Å². The summed E-state index contributed by atoms with van der Waals surface area (Å²) in [5.74, 6) is -0.365. The number of fused-ring (bicyclic) bond motifs is 1. The van der Waals surface area contributed by atoms with E-state index in [1.54, 1.807) is 12.1 Å². The molecule has 1 aromatic carbocycles. The lowest BCUT2D eigenvalue weighted by atomic mass is 10.1. The van der Waals surface area contributed by atoms with Crippen molar-refractivity contribution in [3.8, 4) is 0 Å². The van der Waals surface area contributed by atoms with E-state index < -0.39 is 5.97 Å². The Labute approximate surface area is 123 Å². The smallest absolute Gasteiger partial charge is 0.336 e. The van der Waals surface area contributed by atoms with Crippen molar-refractivity contribution in [2.75, 3.05) is 11.9 Å². The van der Waals surface area contributed by atoms with Gasteiger partial charge in [-0.2, -0.15) is 0 Å². The van der Waals surface area contributed by atoms with Gasteiger partial charge in [-0.3, -0.25) is 0 Å². The summed E-state index contributed by atoms with van der Waals surface area (Å²) in [6.45, 7) is 2.83. The van der Waals surface area contributed by atoms with Gasteiger partial charge in [0, 0.05) is 12.0 Å². The SMILES string of the molecule is CC(Nc1cc(C(=O)O)c2ccccc2n1)C1CCCO1. The molecule has 2 heterocycles. The number of para-hydroxylation sites is 1. The Hall–Kier alpha value is -2.14. The van der Waals surface area contributed by atoms with Crippen LogP contribution in [0.3, 0.4) is 0 Å². The Morgan fingerprint density at radius 1 is 1.48 bits per heavy atom. The van der Waals surface area contributed by atoms with E-state index in [9.17, 15) is 9.90 Å². The molecule has 2 atom stereocenters. The van der Waals surface area contributed by atoms with E-state index in [2.05, 4.69) is 10.3 Å². The highest BCUT2D eigenvalue weighted by Crippen LogP contribution is 2.23. The fourth-order valence-corrected chi connectivity index (χ4v) is 2.75. The Morgan fingerprint density at radius 2 is 2.29 bits per heavy atom. The van der Waals surface area contributed by atoms with Gasteiger partial charge in [0.1, 0.15) is 5.82 Å². The molecule has 1 aliphatic rings. The lowest BCUT2D eigenvalue weighted by Gasteiger charge is -2.21. The second kappa shape index (κ2) is 5.69. The number of benzene rings is 1. The van der Waals surface area contributed by atoms with Gasteiger partial charge in [-0.1, -0.05) is 18.2 Å². The van der Waals surface area contributed by atoms with Gasteiger partial charge in [0.25, 0.3) is 0 Å². The molecule has 21 heavy (non-hydrogen) atoms. The van der Waals surface area contributed by atoms with Gasteiger partial charge in [0.05, 0.1) is 23.2 Å². The maximum absolute atomic E-state index is 11.4. The van der Waals surface area contributed by atoms with Crippen LogP contribution in [0, 0.1) is 0 Å². The van der Waals surface area contributed by atoms with Crippen molar-refractivity contribution in [2.24, 2.45) is 0 Å². The first-order valence-corrected chi connectivity index (χ1v) is 7.16. The van der Waals surface area contributed by atoms with Crippen LogP contribution in [0.25, 0.3) is 10.9 Å². The first-order valence-electron chi connectivity index (χ1n) is 7.16. The minimum atomic E-state index is -0.943. The minimum absolute atomic E-state index is 0.0998. The summed E-state index contributed by atoms with van der Waals surface area (Å²) in [5.41, 5.74) is 0.946. The third-order valence-corrected chi connectivity index (χ3v) is 3.84. The summed E-state index contributed by atoms with van der Waals surface area (Å²) in [6.07, 6.45) is 2.25. The third kappa shape index (κ3) is 2.83. The summed E-state index contributed by atoms with van der Waals surface area (Å²) in [6, 6.07) is 8.97. The average Bonchev–Trinajstić information content (AvgIpc) is 3.00. The summed E-state index contributed by atoms with van der Waals surface area (Å²) in [7, 11) is 0. The van der Waals surface area contributed by atoms with Crippen LogP contribution in [0.15, 0.2) is 30.3 Å². The molecule has 1 fully saturated rings. The molecule has 2 unspecified atom stereocenters. The molecule has 1 aromatic heterocycles. The average molecular weight is 286 g/mol. The predicted molar refractivity (Wildman–Crippen MR) is 80.8 cm³/mol. The van der Waals surface area contributed by atoms with Gasteiger partial charge in [-0.15, -0.1) is 0 Å². The first kappa shape index (κ1) is 13.8. The highest BCUT2D eigenvalue weighted by atomic mass is 16.5. The van der Waals surface area contributed by atoms with E-state index in [4.69, 9.17) is 4.74 Å². The second-order valence-electron chi connectivity index (χ2n) is 5.36. The second-order valence-corrected chi connectivity index (χ2v) is 5.36. The fraction of sp³-hybridized carbons (Fsp3) is 0.375. The summed E-state index contributed by atoms with van der Waals surface area (Å²) in [4.78, 5) is 15.9. The van der Waals surface area contributed by atoms with Crippen molar-refractivity contribution in [3.63, 3.8) is 0 Å². The summed E-state index contributed by atoms with van der Waals surface area (Å²) in [5, 5.41) is 13.3. The molecule has 5 nitrogen and oxygen atoms in total. The molecule has 1 aliphatic heterocycles. The number of nitrogens with one attached hydrogen (secondary N) is 1.